The molecule has 0 radical (unpaired) electrons. The Morgan fingerprint density at radius 3 is 2.50 bits per heavy atom. The van der Waals surface area contributed by atoms with Crippen molar-refractivity contribution < 1.29 is 14.4 Å². The summed E-state index contributed by atoms with van der Waals surface area (Å²) in [5.41, 5.74) is 1.72. The Morgan fingerprint density at radius 2 is 1.83 bits per heavy atom. The number of piperazine rings is 1. The van der Waals surface area contributed by atoms with Gasteiger partial charge in [-0.2, -0.15) is 0 Å². The monoisotopic (exact) mass is 531 g/mol. The van der Waals surface area contributed by atoms with E-state index in [1.165, 1.54) is 0 Å². The van der Waals surface area contributed by atoms with Crippen LogP contribution in [0.4, 0.5) is 4.79 Å². The van der Waals surface area contributed by atoms with E-state index in [1.807, 2.05) is 44.2 Å². The number of carbonyl (C=O) groups excluding carboxylic acids is 3. The van der Waals surface area contributed by atoms with Gasteiger partial charge in [-0.15, -0.1) is 0 Å². The Hall–Kier alpha value is -2.81. The van der Waals surface area contributed by atoms with Crippen LogP contribution in [0.15, 0.2) is 48.5 Å². The number of hydrogen-bond acceptors (Lipinski definition) is 4. The smallest absolute Gasteiger partial charge is 0.333 e. The molecule has 4 amide bonds. The zero-order chi connectivity index (χ0) is 26.0. The van der Waals surface area contributed by atoms with Crippen molar-refractivity contribution in [2.75, 3.05) is 20.1 Å². The highest BCUT2D eigenvalue weighted by Gasteiger charge is 2.50. The number of rotatable bonds is 6. The van der Waals surface area contributed by atoms with Gasteiger partial charge in [0.15, 0.2) is 0 Å². The van der Waals surface area contributed by atoms with Gasteiger partial charge in [0.05, 0.1) is 13.1 Å². The summed E-state index contributed by atoms with van der Waals surface area (Å²) < 4.78 is 0. The molecule has 36 heavy (non-hydrogen) atoms. The highest BCUT2D eigenvalue weighted by Crippen LogP contribution is 2.31. The van der Waals surface area contributed by atoms with Gasteiger partial charge >= 0.3 is 6.03 Å². The topological polar surface area (TPSA) is 76.2 Å². The lowest BCUT2D eigenvalue weighted by Crippen LogP contribution is -2.75. The number of likely N-dealkylation sites (N-methyl/N-ethyl adjacent to an activating group) is 1. The molecule has 2 aromatic carbocycles. The first-order valence-electron chi connectivity index (χ1n) is 12.0. The van der Waals surface area contributed by atoms with E-state index in [4.69, 9.17) is 23.2 Å². The summed E-state index contributed by atoms with van der Waals surface area (Å²) in [6.45, 7) is 4.82. The Kier molecular flexibility index (Phi) is 8.07. The molecule has 1 N–H and O–H groups in total. The van der Waals surface area contributed by atoms with Crippen LogP contribution in [0.25, 0.3) is 0 Å². The third-order valence-corrected chi connectivity index (χ3v) is 7.09. The van der Waals surface area contributed by atoms with E-state index in [1.54, 1.807) is 45.1 Å². The molecule has 2 heterocycles. The van der Waals surface area contributed by atoms with Crippen molar-refractivity contribution >= 4 is 41.0 Å². The highest BCUT2D eigenvalue weighted by atomic mass is 35.5. The normalized spacial score (nSPS) is 20.7. The van der Waals surface area contributed by atoms with E-state index in [0.29, 0.717) is 23.0 Å². The van der Waals surface area contributed by atoms with Crippen molar-refractivity contribution in [3.8, 4) is 0 Å². The maximum absolute atomic E-state index is 13.6. The number of amides is 4. The number of nitrogens with one attached hydrogen (secondary N) is 1. The molecule has 0 aromatic heterocycles. The molecule has 4 rings (SSSR count). The maximum Gasteiger partial charge on any atom is 0.334 e. The standard InChI is InChI=1S/C26H31Cl2N5O3/c1-17(2)11-22-25(35)31(14-19-9-10-20(27)12-21(19)28)15-23-32(22)24(34)16-30(3)33(23)26(36)29-13-18-7-5-4-6-8-18/h4-10,12,17,22-23H,11,13-16H2,1-3H3,(H,29,36)/t22-,23-/m0/s1. The van der Waals surface area contributed by atoms with Gasteiger partial charge in [0.1, 0.15) is 12.2 Å². The van der Waals surface area contributed by atoms with Crippen LogP contribution in [0.5, 0.6) is 0 Å². The van der Waals surface area contributed by atoms with Gasteiger partial charge in [0, 0.05) is 30.2 Å². The van der Waals surface area contributed by atoms with Crippen molar-refractivity contribution in [1.82, 2.24) is 25.1 Å². The summed E-state index contributed by atoms with van der Waals surface area (Å²) in [5, 5.41) is 7.12. The van der Waals surface area contributed by atoms with Crippen molar-refractivity contribution in [3.05, 3.63) is 69.7 Å². The maximum atomic E-state index is 13.6. The van der Waals surface area contributed by atoms with Crippen molar-refractivity contribution in [3.63, 3.8) is 0 Å². The lowest BCUT2D eigenvalue weighted by atomic mass is 9.96. The molecule has 0 bridgehead atoms. The van der Waals surface area contributed by atoms with Gasteiger partial charge in [-0.3, -0.25) is 9.59 Å². The fourth-order valence-electron chi connectivity index (χ4n) is 4.83. The van der Waals surface area contributed by atoms with E-state index in [9.17, 15) is 14.4 Å². The largest absolute Gasteiger partial charge is 0.334 e. The van der Waals surface area contributed by atoms with Gasteiger partial charge in [-0.1, -0.05) is 73.4 Å². The van der Waals surface area contributed by atoms with Crippen LogP contribution in [-0.2, 0) is 22.7 Å². The summed E-state index contributed by atoms with van der Waals surface area (Å²) in [6, 6.07) is 13.8. The molecule has 2 fully saturated rings. The molecular formula is C26H31Cl2N5O3. The molecule has 2 aromatic rings. The molecule has 2 atom stereocenters. The number of hydrogen-bond donors (Lipinski definition) is 1. The first kappa shape index (κ1) is 26.3. The van der Waals surface area contributed by atoms with E-state index < -0.39 is 12.2 Å². The van der Waals surface area contributed by atoms with Gasteiger partial charge in [-0.05, 0) is 35.6 Å². The number of benzene rings is 2. The predicted octanol–water partition coefficient (Wildman–Crippen LogP) is 3.98. The molecule has 2 aliphatic heterocycles. The summed E-state index contributed by atoms with van der Waals surface area (Å²) in [6.07, 6.45) is -0.144. The lowest BCUT2D eigenvalue weighted by Gasteiger charge is -2.54. The molecule has 10 heteroatoms. The zero-order valence-electron chi connectivity index (χ0n) is 20.7. The van der Waals surface area contributed by atoms with E-state index >= 15 is 0 Å². The third kappa shape index (κ3) is 5.61. The van der Waals surface area contributed by atoms with E-state index in [2.05, 4.69) is 5.32 Å². The van der Waals surface area contributed by atoms with Crippen LogP contribution in [0.3, 0.4) is 0 Å². The van der Waals surface area contributed by atoms with E-state index in [-0.39, 0.29) is 43.4 Å². The van der Waals surface area contributed by atoms with Gasteiger partial charge in [0.25, 0.3) is 0 Å². The SMILES string of the molecule is CC(C)C[C@H]1C(=O)N(Cc2ccc(Cl)cc2Cl)C[C@H]2N1C(=O)CN(C)N2C(=O)NCc1ccccc1. The third-order valence-electron chi connectivity index (χ3n) is 6.51. The molecule has 0 unspecified atom stereocenters. The Balaban J connectivity index is 1.63. The predicted molar refractivity (Wildman–Crippen MR) is 139 cm³/mol. The highest BCUT2D eigenvalue weighted by molar-refractivity contribution is 6.35. The molecule has 0 aliphatic carbocycles. The van der Waals surface area contributed by atoms with Crippen LogP contribution in [0, 0.1) is 5.92 Å². The quantitative estimate of drug-likeness (QED) is 0.611. The second-order valence-electron chi connectivity index (χ2n) is 9.69. The van der Waals surface area contributed by atoms with Gasteiger partial charge < -0.3 is 15.1 Å². The van der Waals surface area contributed by atoms with Crippen LogP contribution in [-0.4, -0.2) is 70.0 Å². The number of carbonyl (C=O) groups is 3. The number of halogens is 2. The number of nitrogens with zero attached hydrogens (tertiary/aromatic N) is 4. The van der Waals surface area contributed by atoms with Crippen molar-refractivity contribution in [2.24, 2.45) is 5.92 Å². The fourth-order valence-corrected chi connectivity index (χ4v) is 5.30. The molecule has 0 spiro atoms. The summed E-state index contributed by atoms with van der Waals surface area (Å²) in [4.78, 5) is 43.5. The molecule has 2 saturated heterocycles. The molecule has 8 nitrogen and oxygen atoms in total. The number of urea groups is 1. The minimum Gasteiger partial charge on any atom is -0.333 e. The number of fused-ring (bicyclic) bond motifs is 1. The minimum atomic E-state index is -0.666. The van der Waals surface area contributed by atoms with Crippen LogP contribution in [0.2, 0.25) is 10.0 Å². The first-order valence-corrected chi connectivity index (χ1v) is 12.8. The minimum absolute atomic E-state index is 0.0140. The van der Waals surface area contributed by atoms with E-state index in [0.717, 1.165) is 11.1 Å². The molecule has 2 aliphatic rings. The zero-order valence-corrected chi connectivity index (χ0v) is 22.2. The second kappa shape index (κ2) is 11.1. The molecule has 0 saturated carbocycles. The van der Waals surface area contributed by atoms with Crippen molar-refractivity contribution in [2.45, 2.75) is 45.6 Å². The molecule has 192 valence electrons. The van der Waals surface area contributed by atoms with Crippen LogP contribution < -0.4 is 5.32 Å². The molecular weight excluding hydrogens is 501 g/mol. The fraction of sp³-hybridized carbons (Fsp3) is 0.423. The average Bonchev–Trinajstić information content (AvgIpc) is 2.82. The van der Waals surface area contributed by atoms with Gasteiger partial charge in [-0.25, -0.2) is 14.8 Å². The average molecular weight is 532 g/mol. The Bertz CT molecular complexity index is 1130. The van der Waals surface area contributed by atoms with Crippen molar-refractivity contribution in [1.29, 1.82) is 0 Å². The number of hydrazine groups is 1. The summed E-state index contributed by atoms with van der Waals surface area (Å²) in [7, 11) is 1.71. The second-order valence-corrected chi connectivity index (χ2v) is 10.5. The van der Waals surface area contributed by atoms with Gasteiger partial charge in [0.2, 0.25) is 11.8 Å². The van der Waals surface area contributed by atoms with Crippen LogP contribution in [0.1, 0.15) is 31.4 Å². The summed E-state index contributed by atoms with van der Waals surface area (Å²) in [5.74, 6) is -0.141. The Labute approximate surface area is 221 Å². The first-order chi connectivity index (χ1) is 17.2. The lowest BCUT2D eigenvalue weighted by molar-refractivity contribution is -0.188. The van der Waals surface area contributed by atoms with Crippen LogP contribution >= 0.6 is 23.2 Å². The summed E-state index contributed by atoms with van der Waals surface area (Å²) >= 11 is 12.5. The Morgan fingerprint density at radius 1 is 1.11 bits per heavy atom.